The highest BCUT2D eigenvalue weighted by Crippen LogP contribution is 2.26. The van der Waals surface area contributed by atoms with Gasteiger partial charge in [-0.05, 0) is 30.5 Å². The number of nitrogens with one attached hydrogen (secondary N) is 1. The average molecular weight is 307 g/mol. The Bertz CT molecular complexity index is 558. The van der Waals surface area contributed by atoms with E-state index in [1.165, 1.54) is 12.1 Å². The second-order valence-electron chi connectivity index (χ2n) is 4.79. The van der Waals surface area contributed by atoms with Crippen molar-refractivity contribution in [3.05, 3.63) is 22.7 Å². The number of aryl methyl sites for hydroxylation is 1. The van der Waals surface area contributed by atoms with Crippen LogP contribution in [0.5, 0.6) is 0 Å². The van der Waals surface area contributed by atoms with Crippen LogP contribution in [0, 0.1) is 12.8 Å². The molecule has 0 aliphatic heterocycles. The molecule has 0 aromatic heterocycles. The van der Waals surface area contributed by atoms with Gasteiger partial charge in [-0.1, -0.05) is 25.4 Å². The number of nitrogen functional groups attached to an aromatic ring is 1. The fourth-order valence-electron chi connectivity index (χ4n) is 1.61. The van der Waals surface area contributed by atoms with Crippen LogP contribution in [0.2, 0.25) is 5.02 Å². The number of sulfonamides is 1. The van der Waals surface area contributed by atoms with Gasteiger partial charge in [0.15, 0.2) is 0 Å². The standard InChI is InChI=1S/C12H19ClN2O3S/c1-7(2)11(6-16)15-19(17,18)12-5-10(14)9(13)4-8(12)3/h4-5,7,11,15-16H,6,14H2,1-3H3. The Hall–Kier alpha value is -0.820. The predicted octanol–water partition coefficient (Wildman–Crippen LogP) is 1.53. The van der Waals surface area contributed by atoms with Gasteiger partial charge in [0.2, 0.25) is 10.0 Å². The van der Waals surface area contributed by atoms with E-state index < -0.39 is 16.1 Å². The molecule has 1 aromatic rings. The monoisotopic (exact) mass is 306 g/mol. The molecule has 0 radical (unpaired) electrons. The molecule has 1 unspecified atom stereocenters. The fraction of sp³-hybridized carbons (Fsp3) is 0.500. The van der Waals surface area contributed by atoms with Crippen LogP contribution in [0.15, 0.2) is 17.0 Å². The van der Waals surface area contributed by atoms with Crippen LogP contribution in [0.25, 0.3) is 0 Å². The van der Waals surface area contributed by atoms with E-state index in [0.29, 0.717) is 10.6 Å². The second kappa shape index (κ2) is 6.09. The molecule has 0 amide bonds. The molecule has 19 heavy (non-hydrogen) atoms. The number of aliphatic hydroxyl groups is 1. The smallest absolute Gasteiger partial charge is 0.241 e. The summed E-state index contributed by atoms with van der Waals surface area (Å²) < 4.78 is 27.0. The van der Waals surface area contributed by atoms with Crippen LogP contribution in [0.3, 0.4) is 0 Å². The van der Waals surface area contributed by atoms with Crippen LogP contribution in [-0.4, -0.2) is 26.2 Å². The Labute approximate surface area is 118 Å². The molecule has 0 spiro atoms. The van der Waals surface area contributed by atoms with Gasteiger partial charge < -0.3 is 10.8 Å². The lowest BCUT2D eigenvalue weighted by Crippen LogP contribution is -2.41. The summed E-state index contributed by atoms with van der Waals surface area (Å²) in [5.74, 6) is -0.0234. The molecular formula is C12H19ClN2O3S. The highest BCUT2D eigenvalue weighted by molar-refractivity contribution is 7.89. The van der Waals surface area contributed by atoms with E-state index in [-0.39, 0.29) is 23.1 Å². The first-order valence-corrected chi connectivity index (χ1v) is 7.74. The first-order valence-electron chi connectivity index (χ1n) is 5.88. The number of benzene rings is 1. The summed E-state index contributed by atoms with van der Waals surface area (Å²) in [5.41, 5.74) is 6.35. The SMILES string of the molecule is Cc1cc(Cl)c(N)cc1S(=O)(=O)NC(CO)C(C)C. The van der Waals surface area contributed by atoms with Crippen molar-refractivity contribution in [3.8, 4) is 0 Å². The molecule has 1 atom stereocenters. The Morgan fingerprint density at radius 2 is 2.00 bits per heavy atom. The summed E-state index contributed by atoms with van der Waals surface area (Å²) in [4.78, 5) is 0.0773. The number of rotatable bonds is 5. The number of anilines is 1. The number of hydrogen-bond donors (Lipinski definition) is 3. The molecule has 0 aliphatic rings. The van der Waals surface area contributed by atoms with Crippen molar-refractivity contribution in [2.24, 2.45) is 5.92 Å². The maximum Gasteiger partial charge on any atom is 0.241 e. The topological polar surface area (TPSA) is 92.4 Å². The highest BCUT2D eigenvalue weighted by atomic mass is 35.5. The van der Waals surface area contributed by atoms with E-state index in [1.807, 2.05) is 13.8 Å². The summed E-state index contributed by atoms with van der Waals surface area (Å²) in [7, 11) is -3.74. The molecular weight excluding hydrogens is 288 g/mol. The van der Waals surface area contributed by atoms with Crippen LogP contribution in [0.1, 0.15) is 19.4 Å². The van der Waals surface area contributed by atoms with Gasteiger partial charge in [-0.15, -0.1) is 0 Å². The molecule has 108 valence electrons. The van der Waals surface area contributed by atoms with E-state index in [9.17, 15) is 13.5 Å². The van der Waals surface area contributed by atoms with E-state index in [2.05, 4.69) is 4.72 Å². The van der Waals surface area contributed by atoms with Gasteiger partial charge in [0.1, 0.15) is 0 Å². The molecule has 0 saturated heterocycles. The maximum atomic E-state index is 12.3. The maximum absolute atomic E-state index is 12.3. The van der Waals surface area contributed by atoms with Crippen molar-refractivity contribution >= 4 is 27.3 Å². The van der Waals surface area contributed by atoms with Crippen molar-refractivity contribution in [2.45, 2.75) is 31.7 Å². The Kier molecular flexibility index (Phi) is 5.20. The molecule has 5 nitrogen and oxygen atoms in total. The minimum Gasteiger partial charge on any atom is -0.397 e. The highest BCUT2D eigenvalue weighted by Gasteiger charge is 2.24. The van der Waals surface area contributed by atoms with Gasteiger partial charge in [-0.3, -0.25) is 0 Å². The molecule has 1 aromatic carbocycles. The van der Waals surface area contributed by atoms with Gasteiger partial charge in [-0.25, -0.2) is 13.1 Å². The number of aliphatic hydroxyl groups excluding tert-OH is 1. The Morgan fingerprint density at radius 1 is 1.42 bits per heavy atom. The molecule has 1 rings (SSSR count). The third-order valence-electron chi connectivity index (χ3n) is 2.89. The minimum absolute atomic E-state index is 0.0234. The van der Waals surface area contributed by atoms with Crippen LogP contribution in [0.4, 0.5) is 5.69 Å². The van der Waals surface area contributed by atoms with Crippen molar-refractivity contribution in [3.63, 3.8) is 0 Å². The van der Waals surface area contributed by atoms with Gasteiger partial charge in [0.25, 0.3) is 0 Å². The normalized spacial score (nSPS) is 13.8. The third-order valence-corrected chi connectivity index (χ3v) is 4.85. The zero-order valence-corrected chi connectivity index (χ0v) is 12.7. The molecule has 7 heteroatoms. The zero-order valence-electron chi connectivity index (χ0n) is 11.1. The lowest BCUT2D eigenvalue weighted by Gasteiger charge is -2.20. The largest absolute Gasteiger partial charge is 0.397 e. The fourth-order valence-corrected chi connectivity index (χ4v) is 3.46. The van der Waals surface area contributed by atoms with E-state index in [0.717, 1.165) is 0 Å². The van der Waals surface area contributed by atoms with Crippen molar-refractivity contribution in [1.29, 1.82) is 0 Å². The number of halogens is 1. The summed E-state index contributed by atoms with van der Waals surface area (Å²) in [6.45, 7) is 5.03. The molecule has 0 saturated carbocycles. The first-order chi connectivity index (χ1) is 8.69. The number of nitrogens with two attached hydrogens (primary N) is 1. The molecule has 4 N–H and O–H groups in total. The minimum atomic E-state index is -3.74. The first kappa shape index (κ1) is 16.2. The average Bonchev–Trinajstić information content (AvgIpc) is 2.30. The van der Waals surface area contributed by atoms with Gasteiger partial charge in [-0.2, -0.15) is 0 Å². The van der Waals surface area contributed by atoms with Gasteiger partial charge >= 0.3 is 0 Å². The van der Waals surface area contributed by atoms with Crippen molar-refractivity contribution < 1.29 is 13.5 Å². The Balaban J connectivity index is 3.17. The molecule has 0 aliphatic carbocycles. The summed E-state index contributed by atoms with van der Waals surface area (Å²) in [5, 5.41) is 9.52. The summed E-state index contributed by atoms with van der Waals surface area (Å²) in [6.07, 6.45) is 0. The second-order valence-corrected chi connectivity index (χ2v) is 6.88. The van der Waals surface area contributed by atoms with Gasteiger partial charge in [0.05, 0.1) is 22.2 Å². The Morgan fingerprint density at radius 3 is 2.47 bits per heavy atom. The zero-order chi connectivity index (χ0) is 14.8. The van der Waals surface area contributed by atoms with E-state index >= 15 is 0 Å². The van der Waals surface area contributed by atoms with Crippen molar-refractivity contribution in [2.75, 3.05) is 12.3 Å². The lowest BCUT2D eigenvalue weighted by atomic mass is 10.1. The molecule has 0 bridgehead atoms. The summed E-state index contributed by atoms with van der Waals surface area (Å²) in [6, 6.07) is 2.30. The molecule has 0 heterocycles. The number of hydrogen-bond acceptors (Lipinski definition) is 4. The predicted molar refractivity (Wildman–Crippen MR) is 76.6 cm³/mol. The van der Waals surface area contributed by atoms with E-state index in [1.54, 1.807) is 6.92 Å². The van der Waals surface area contributed by atoms with E-state index in [4.69, 9.17) is 17.3 Å². The summed E-state index contributed by atoms with van der Waals surface area (Å²) >= 11 is 5.84. The lowest BCUT2D eigenvalue weighted by molar-refractivity contribution is 0.227. The molecule has 0 fully saturated rings. The quantitative estimate of drug-likeness (QED) is 0.719. The third kappa shape index (κ3) is 3.82. The van der Waals surface area contributed by atoms with Crippen LogP contribution in [-0.2, 0) is 10.0 Å². The van der Waals surface area contributed by atoms with Gasteiger partial charge in [0, 0.05) is 6.04 Å². The van der Waals surface area contributed by atoms with Crippen molar-refractivity contribution in [1.82, 2.24) is 4.72 Å². The van der Waals surface area contributed by atoms with Crippen LogP contribution >= 0.6 is 11.6 Å². The van der Waals surface area contributed by atoms with Crippen LogP contribution < -0.4 is 10.5 Å².